The smallest absolute Gasteiger partial charge is 0.191 e. The summed E-state index contributed by atoms with van der Waals surface area (Å²) < 4.78 is 13.7. The first-order valence-electron chi connectivity index (χ1n) is 7.05. The minimum Gasteiger partial charge on any atom is -0.357 e. The Morgan fingerprint density at radius 1 is 1.37 bits per heavy atom. The summed E-state index contributed by atoms with van der Waals surface area (Å²) in [7, 11) is 0. The summed E-state index contributed by atoms with van der Waals surface area (Å²) >= 11 is 0. The number of benzene rings is 1. The molecule has 0 saturated heterocycles. The van der Waals surface area contributed by atoms with Gasteiger partial charge in [-0.2, -0.15) is 0 Å². The normalized spacial score (nSPS) is 22.2. The van der Waals surface area contributed by atoms with Crippen molar-refractivity contribution in [3.05, 3.63) is 35.6 Å². The van der Waals surface area contributed by atoms with Gasteiger partial charge in [-0.05, 0) is 31.4 Å². The lowest BCUT2D eigenvalue weighted by atomic mass is 10.1. The molecule has 1 aliphatic rings. The SMILES string of the molecule is CCCN=C(NCC)NC1CC1c1ccccc1F. The predicted octanol–water partition coefficient (Wildman–Crippen LogP) is 2.65. The average molecular weight is 263 g/mol. The molecule has 0 radical (unpaired) electrons. The third kappa shape index (κ3) is 3.69. The molecule has 0 bridgehead atoms. The molecule has 1 fully saturated rings. The Morgan fingerprint density at radius 3 is 2.84 bits per heavy atom. The molecule has 2 N–H and O–H groups in total. The maximum Gasteiger partial charge on any atom is 0.191 e. The topological polar surface area (TPSA) is 36.4 Å². The standard InChI is InChI=1S/C15H22FN3/c1-3-9-18-15(17-4-2)19-14-10-12(14)11-7-5-6-8-13(11)16/h5-8,12,14H,3-4,9-10H2,1-2H3,(H2,17,18,19). The van der Waals surface area contributed by atoms with Gasteiger partial charge in [-0.25, -0.2) is 4.39 Å². The first-order chi connectivity index (χ1) is 9.26. The van der Waals surface area contributed by atoms with Gasteiger partial charge in [0.25, 0.3) is 0 Å². The van der Waals surface area contributed by atoms with Crippen LogP contribution in [0, 0.1) is 5.82 Å². The highest BCUT2D eigenvalue weighted by molar-refractivity contribution is 5.80. The van der Waals surface area contributed by atoms with Gasteiger partial charge in [0.2, 0.25) is 0 Å². The molecule has 2 rings (SSSR count). The van der Waals surface area contributed by atoms with E-state index in [1.165, 1.54) is 6.07 Å². The van der Waals surface area contributed by atoms with Crippen LogP contribution in [0.2, 0.25) is 0 Å². The molecule has 0 heterocycles. The second-order valence-electron chi connectivity index (χ2n) is 4.88. The Kier molecular flexibility index (Phi) is 4.77. The molecule has 0 amide bonds. The molecule has 19 heavy (non-hydrogen) atoms. The number of aliphatic imine (C=N–C) groups is 1. The Labute approximate surface area is 114 Å². The number of halogens is 1. The first kappa shape index (κ1) is 13.8. The average Bonchev–Trinajstić information content (AvgIpc) is 3.16. The third-order valence-electron chi connectivity index (χ3n) is 3.25. The lowest BCUT2D eigenvalue weighted by molar-refractivity contribution is 0.607. The number of guanidine groups is 1. The van der Waals surface area contributed by atoms with Crippen LogP contribution in [0.1, 0.15) is 38.2 Å². The molecular weight excluding hydrogens is 241 g/mol. The zero-order valence-electron chi connectivity index (χ0n) is 11.6. The lowest BCUT2D eigenvalue weighted by Crippen LogP contribution is -2.39. The highest BCUT2D eigenvalue weighted by Crippen LogP contribution is 2.41. The van der Waals surface area contributed by atoms with Gasteiger partial charge in [0, 0.05) is 25.0 Å². The Hall–Kier alpha value is -1.58. The fourth-order valence-electron chi connectivity index (χ4n) is 2.19. The highest BCUT2D eigenvalue weighted by Gasteiger charge is 2.40. The van der Waals surface area contributed by atoms with Gasteiger partial charge in [-0.15, -0.1) is 0 Å². The molecule has 2 atom stereocenters. The van der Waals surface area contributed by atoms with Crippen molar-refractivity contribution < 1.29 is 4.39 Å². The predicted molar refractivity (Wildman–Crippen MR) is 77.0 cm³/mol. The minimum absolute atomic E-state index is 0.104. The lowest BCUT2D eigenvalue weighted by Gasteiger charge is -2.11. The number of nitrogens with one attached hydrogen (secondary N) is 2. The molecule has 104 valence electrons. The van der Waals surface area contributed by atoms with Gasteiger partial charge in [-0.3, -0.25) is 4.99 Å². The fourth-order valence-corrected chi connectivity index (χ4v) is 2.19. The third-order valence-corrected chi connectivity index (χ3v) is 3.25. The fraction of sp³-hybridized carbons (Fsp3) is 0.533. The van der Waals surface area contributed by atoms with Crippen LogP contribution in [-0.4, -0.2) is 25.1 Å². The van der Waals surface area contributed by atoms with Crippen molar-refractivity contribution in [2.45, 2.75) is 38.6 Å². The van der Waals surface area contributed by atoms with Crippen molar-refractivity contribution in [2.75, 3.05) is 13.1 Å². The summed E-state index contributed by atoms with van der Waals surface area (Å²) in [5.41, 5.74) is 0.811. The summed E-state index contributed by atoms with van der Waals surface area (Å²) in [6.07, 6.45) is 2.00. The van der Waals surface area contributed by atoms with Crippen LogP contribution < -0.4 is 10.6 Å². The van der Waals surface area contributed by atoms with Crippen LogP contribution in [0.3, 0.4) is 0 Å². The Balaban J connectivity index is 1.93. The molecular formula is C15H22FN3. The van der Waals surface area contributed by atoms with Gasteiger partial charge in [0.1, 0.15) is 5.82 Å². The molecule has 1 aromatic carbocycles. The number of hydrogen-bond acceptors (Lipinski definition) is 1. The second kappa shape index (κ2) is 6.55. The van der Waals surface area contributed by atoms with E-state index in [2.05, 4.69) is 22.5 Å². The van der Waals surface area contributed by atoms with E-state index in [0.29, 0.717) is 6.04 Å². The van der Waals surface area contributed by atoms with E-state index in [9.17, 15) is 4.39 Å². The van der Waals surface area contributed by atoms with E-state index in [4.69, 9.17) is 0 Å². The molecule has 4 heteroatoms. The van der Waals surface area contributed by atoms with Crippen LogP contribution in [0.5, 0.6) is 0 Å². The molecule has 2 unspecified atom stereocenters. The van der Waals surface area contributed by atoms with E-state index >= 15 is 0 Å². The van der Waals surface area contributed by atoms with Crippen molar-refractivity contribution in [3.63, 3.8) is 0 Å². The zero-order chi connectivity index (χ0) is 13.7. The van der Waals surface area contributed by atoms with Crippen LogP contribution in [0.15, 0.2) is 29.3 Å². The van der Waals surface area contributed by atoms with Gasteiger partial charge in [0.05, 0.1) is 0 Å². The van der Waals surface area contributed by atoms with Gasteiger partial charge >= 0.3 is 0 Å². The quantitative estimate of drug-likeness (QED) is 0.633. The summed E-state index contributed by atoms with van der Waals surface area (Å²) in [4.78, 5) is 4.46. The molecule has 1 aliphatic carbocycles. The molecule has 1 aromatic rings. The van der Waals surface area contributed by atoms with Crippen LogP contribution in [-0.2, 0) is 0 Å². The maximum atomic E-state index is 13.7. The van der Waals surface area contributed by atoms with E-state index in [-0.39, 0.29) is 11.7 Å². The summed E-state index contributed by atoms with van der Waals surface area (Å²) in [5.74, 6) is 1.01. The molecule has 0 aromatic heterocycles. The van der Waals surface area contributed by atoms with E-state index in [0.717, 1.165) is 37.5 Å². The summed E-state index contributed by atoms with van der Waals surface area (Å²) in [6.45, 7) is 5.80. The van der Waals surface area contributed by atoms with Gasteiger partial charge < -0.3 is 10.6 Å². The van der Waals surface area contributed by atoms with Crippen LogP contribution >= 0.6 is 0 Å². The zero-order valence-corrected chi connectivity index (χ0v) is 11.6. The van der Waals surface area contributed by atoms with E-state index < -0.39 is 0 Å². The Bertz CT molecular complexity index is 445. The van der Waals surface area contributed by atoms with E-state index in [1.54, 1.807) is 6.07 Å². The number of hydrogen-bond donors (Lipinski definition) is 2. The van der Waals surface area contributed by atoms with E-state index in [1.807, 2.05) is 19.1 Å². The number of nitrogens with zero attached hydrogens (tertiary/aromatic N) is 1. The van der Waals surface area contributed by atoms with Crippen molar-refractivity contribution in [3.8, 4) is 0 Å². The molecule has 1 saturated carbocycles. The maximum absolute atomic E-state index is 13.7. The molecule has 0 aliphatic heterocycles. The van der Waals surface area contributed by atoms with Crippen molar-refractivity contribution in [2.24, 2.45) is 4.99 Å². The second-order valence-corrected chi connectivity index (χ2v) is 4.88. The monoisotopic (exact) mass is 263 g/mol. The van der Waals surface area contributed by atoms with Crippen LogP contribution in [0.4, 0.5) is 4.39 Å². The molecule has 0 spiro atoms. The van der Waals surface area contributed by atoms with Crippen LogP contribution in [0.25, 0.3) is 0 Å². The summed E-state index contributed by atoms with van der Waals surface area (Å²) in [6, 6.07) is 7.32. The van der Waals surface area contributed by atoms with Gasteiger partial charge in [0.15, 0.2) is 5.96 Å². The number of rotatable bonds is 5. The van der Waals surface area contributed by atoms with Crippen molar-refractivity contribution in [1.29, 1.82) is 0 Å². The Morgan fingerprint density at radius 2 is 2.16 bits per heavy atom. The van der Waals surface area contributed by atoms with Crippen molar-refractivity contribution >= 4 is 5.96 Å². The largest absolute Gasteiger partial charge is 0.357 e. The first-order valence-corrected chi connectivity index (χ1v) is 7.05. The highest BCUT2D eigenvalue weighted by atomic mass is 19.1. The summed E-state index contributed by atoms with van der Waals surface area (Å²) in [5, 5.41) is 6.60. The minimum atomic E-state index is -0.104. The molecule has 3 nitrogen and oxygen atoms in total. The van der Waals surface area contributed by atoms with Gasteiger partial charge in [-0.1, -0.05) is 25.1 Å². The van der Waals surface area contributed by atoms with Crippen molar-refractivity contribution in [1.82, 2.24) is 10.6 Å².